The van der Waals surface area contributed by atoms with Gasteiger partial charge in [0, 0.05) is 6.42 Å². The number of rotatable bonds is 11. The second kappa shape index (κ2) is 10.8. The van der Waals surface area contributed by atoms with Gasteiger partial charge in [-0.1, -0.05) is 12.1 Å². The Balaban J connectivity index is 2.78. The smallest absolute Gasteiger partial charge is 0.328 e. The van der Waals surface area contributed by atoms with Crippen molar-refractivity contribution in [1.82, 2.24) is 10.6 Å². The van der Waals surface area contributed by atoms with Crippen LogP contribution in [0.5, 0.6) is 5.75 Å². The van der Waals surface area contributed by atoms with Crippen molar-refractivity contribution in [2.24, 2.45) is 5.73 Å². The second-order valence-corrected chi connectivity index (χ2v) is 6.05. The number of phenols is 1. The first-order valence-electron chi connectivity index (χ1n) is 8.33. The maximum atomic E-state index is 12.3. The van der Waals surface area contributed by atoms with Crippen molar-refractivity contribution in [3.05, 3.63) is 29.8 Å². The van der Waals surface area contributed by atoms with E-state index in [1.54, 1.807) is 12.1 Å². The van der Waals surface area contributed by atoms with Crippen LogP contribution >= 0.6 is 0 Å². The van der Waals surface area contributed by atoms with Crippen LogP contribution in [0.25, 0.3) is 0 Å². The molecule has 11 heteroatoms. The minimum atomic E-state index is -1.60. The first kappa shape index (κ1) is 22.9. The van der Waals surface area contributed by atoms with Crippen LogP contribution in [0.4, 0.5) is 0 Å². The average Bonchev–Trinajstić information content (AvgIpc) is 2.63. The van der Waals surface area contributed by atoms with Crippen molar-refractivity contribution in [1.29, 1.82) is 0 Å². The summed E-state index contributed by atoms with van der Waals surface area (Å²) in [5.41, 5.74) is 6.46. The predicted octanol–water partition coefficient (Wildman–Crippen LogP) is -1.83. The minimum Gasteiger partial charge on any atom is -0.508 e. The molecule has 8 N–H and O–H groups in total. The largest absolute Gasteiger partial charge is 0.508 e. The van der Waals surface area contributed by atoms with Crippen molar-refractivity contribution < 1.29 is 39.6 Å². The number of hydrogen-bond donors (Lipinski definition) is 7. The van der Waals surface area contributed by atoms with Gasteiger partial charge in [-0.2, -0.15) is 0 Å². The fraction of sp³-hybridized carbons (Fsp3) is 0.412. The van der Waals surface area contributed by atoms with Gasteiger partial charge in [-0.05, 0) is 30.5 Å². The Morgan fingerprint density at radius 3 is 2.04 bits per heavy atom. The molecule has 0 bridgehead atoms. The molecule has 0 aliphatic carbocycles. The van der Waals surface area contributed by atoms with E-state index in [4.69, 9.17) is 21.1 Å². The summed E-state index contributed by atoms with van der Waals surface area (Å²) in [5.74, 6) is -4.34. The molecule has 0 aliphatic rings. The molecule has 154 valence electrons. The number of nitrogens with one attached hydrogen (secondary N) is 2. The SMILES string of the molecule is NC(Cc1ccc(O)cc1)C(=O)NC(CCC(=O)O)C(=O)NC(CO)C(=O)O. The monoisotopic (exact) mass is 397 g/mol. The van der Waals surface area contributed by atoms with Gasteiger partial charge in [0.15, 0.2) is 0 Å². The quantitative estimate of drug-likeness (QED) is 0.224. The molecule has 0 saturated carbocycles. The van der Waals surface area contributed by atoms with Gasteiger partial charge in [0.05, 0.1) is 12.6 Å². The maximum Gasteiger partial charge on any atom is 0.328 e. The highest BCUT2D eigenvalue weighted by Gasteiger charge is 2.28. The zero-order valence-corrected chi connectivity index (χ0v) is 14.9. The number of aliphatic hydroxyl groups is 1. The molecule has 0 spiro atoms. The minimum absolute atomic E-state index is 0.0454. The van der Waals surface area contributed by atoms with Gasteiger partial charge in [-0.25, -0.2) is 4.79 Å². The second-order valence-electron chi connectivity index (χ2n) is 6.05. The number of hydrogen-bond acceptors (Lipinski definition) is 7. The van der Waals surface area contributed by atoms with Crippen molar-refractivity contribution in [2.45, 2.75) is 37.4 Å². The predicted molar refractivity (Wildman–Crippen MR) is 95.2 cm³/mol. The van der Waals surface area contributed by atoms with Gasteiger partial charge in [-0.15, -0.1) is 0 Å². The van der Waals surface area contributed by atoms with Gasteiger partial charge in [0.2, 0.25) is 11.8 Å². The Morgan fingerprint density at radius 1 is 0.964 bits per heavy atom. The van der Waals surface area contributed by atoms with Crippen molar-refractivity contribution in [3.63, 3.8) is 0 Å². The summed E-state index contributed by atoms with van der Waals surface area (Å²) in [6, 6.07) is 1.96. The van der Waals surface area contributed by atoms with Crippen LogP contribution in [0.1, 0.15) is 18.4 Å². The molecule has 1 aromatic carbocycles. The molecule has 0 aliphatic heterocycles. The number of aliphatic hydroxyl groups excluding tert-OH is 1. The maximum absolute atomic E-state index is 12.3. The van der Waals surface area contributed by atoms with E-state index in [-0.39, 0.29) is 18.6 Å². The first-order chi connectivity index (χ1) is 13.1. The molecule has 2 amide bonds. The molecule has 1 aromatic rings. The van der Waals surface area contributed by atoms with E-state index in [0.717, 1.165) is 0 Å². The molecule has 0 saturated heterocycles. The average molecular weight is 397 g/mol. The zero-order chi connectivity index (χ0) is 21.3. The molecular weight excluding hydrogens is 374 g/mol. The number of carboxylic acids is 2. The Kier molecular flexibility index (Phi) is 8.85. The van der Waals surface area contributed by atoms with Crippen LogP contribution in [0.3, 0.4) is 0 Å². The van der Waals surface area contributed by atoms with Crippen molar-refractivity contribution >= 4 is 23.8 Å². The van der Waals surface area contributed by atoms with Gasteiger partial charge in [0.1, 0.15) is 17.8 Å². The topological polar surface area (TPSA) is 199 Å². The number of carboxylic acid groups (broad SMARTS) is 2. The van der Waals surface area contributed by atoms with E-state index < -0.39 is 54.9 Å². The van der Waals surface area contributed by atoms with E-state index in [1.807, 2.05) is 5.32 Å². The number of nitrogens with two attached hydrogens (primary N) is 1. The van der Waals surface area contributed by atoms with Crippen LogP contribution in [-0.2, 0) is 25.6 Å². The lowest BCUT2D eigenvalue weighted by Gasteiger charge is -2.22. The highest BCUT2D eigenvalue weighted by molar-refractivity contribution is 5.92. The van der Waals surface area contributed by atoms with Crippen molar-refractivity contribution in [2.75, 3.05) is 6.61 Å². The summed E-state index contributed by atoms with van der Waals surface area (Å²) >= 11 is 0. The summed E-state index contributed by atoms with van der Waals surface area (Å²) in [4.78, 5) is 46.2. The normalized spacial score (nSPS) is 13.8. The molecule has 28 heavy (non-hydrogen) atoms. The van der Waals surface area contributed by atoms with E-state index in [1.165, 1.54) is 12.1 Å². The molecule has 0 fully saturated rings. The molecule has 3 unspecified atom stereocenters. The molecule has 3 atom stereocenters. The Hall–Kier alpha value is -3.18. The molecular formula is C17H23N3O8. The van der Waals surface area contributed by atoms with Crippen LogP contribution in [-0.4, -0.2) is 68.9 Å². The van der Waals surface area contributed by atoms with E-state index in [0.29, 0.717) is 5.56 Å². The fourth-order valence-corrected chi connectivity index (χ4v) is 2.25. The molecule has 0 radical (unpaired) electrons. The van der Waals surface area contributed by atoms with Crippen LogP contribution in [0.15, 0.2) is 24.3 Å². The number of phenolic OH excluding ortho intramolecular Hbond substituents is 1. The number of aromatic hydroxyl groups is 1. The van der Waals surface area contributed by atoms with E-state index in [2.05, 4.69) is 5.32 Å². The number of benzene rings is 1. The lowest BCUT2D eigenvalue weighted by Crippen LogP contribution is -2.55. The van der Waals surface area contributed by atoms with Gasteiger partial charge >= 0.3 is 11.9 Å². The third kappa shape index (κ3) is 7.60. The van der Waals surface area contributed by atoms with Crippen LogP contribution < -0.4 is 16.4 Å². The Morgan fingerprint density at radius 2 is 1.54 bits per heavy atom. The Labute approximate surface area is 160 Å². The van der Waals surface area contributed by atoms with Gasteiger partial charge in [-0.3, -0.25) is 14.4 Å². The number of aliphatic carboxylic acids is 2. The lowest BCUT2D eigenvalue weighted by atomic mass is 10.0. The number of carbonyl (C=O) groups is 4. The highest BCUT2D eigenvalue weighted by atomic mass is 16.4. The summed E-state index contributed by atoms with van der Waals surface area (Å²) in [6.07, 6.45) is -0.660. The first-order valence-corrected chi connectivity index (χ1v) is 8.33. The van der Waals surface area contributed by atoms with Crippen molar-refractivity contribution in [3.8, 4) is 5.75 Å². The molecule has 11 nitrogen and oxygen atoms in total. The third-order valence-corrected chi connectivity index (χ3v) is 3.81. The summed E-state index contributed by atoms with van der Waals surface area (Å²) in [6.45, 7) is -0.874. The molecule has 1 rings (SSSR count). The van der Waals surface area contributed by atoms with E-state index in [9.17, 15) is 24.3 Å². The number of carbonyl (C=O) groups excluding carboxylic acids is 2. The summed E-state index contributed by atoms with van der Waals surface area (Å²) in [5, 5.41) is 40.3. The van der Waals surface area contributed by atoms with Crippen LogP contribution in [0.2, 0.25) is 0 Å². The Bertz CT molecular complexity index is 707. The molecule has 0 aromatic heterocycles. The third-order valence-electron chi connectivity index (χ3n) is 3.81. The fourth-order valence-electron chi connectivity index (χ4n) is 2.25. The standard InChI is InChI=1S/C17H23N3O8/c18-11(7-9-1-3-10(22)4-2-9)15(25)19-12(5-6-14(23)24)16(26)20-13(8-21)17(27)28/h1-4,11-13,21-22H,5-8,18H2,(H,19,25)(H,20,26)(H,23,24)(H,27,28). The summed E-state index contributed by atoms with van der Waals surface area (Å²) < 4.78 is 0. The summed E-state index contributed by atoms with van der Waals surface area (Å²) in [7, 11) is 0. The van der Waals surface area contributed by atoms with E-state index >= 15 is 0 Å². The van der Waals surface area contributed by atoms with Gasteiger partial charge < -0.3 is 36.8 Å². The lowest BCUT2D eigenvalue weighted by molar-refractivity contribution is -0.144. The zero-order valence-electron chi connectivity index (χ0n) is 14.9. The van der Waals surface area contributed by atoms with Crippen LogP contribution in [0, 0.1) is 0 Å². The molecule has 0 heterocycles. The highest BCUT2D eigenvalue weighted by Crippen LogP contribution is 2.11. The number of amides is 2. The van der Waals surface area contributed by atoms with Gasteiger partial charge in [0.25, 0.3) is 0 Å².